The molecule has 2 aromatic heterocycles. The molecule has 11 heteroatoms. The fraction of sp³-hybridized carbons (Fsp3) is 0.171. The first kappa shape index (κ1) is 27.1. The van der Waals surface area contributed by atoms with E-state index in [-0.39, 0.29) is 30.4 Å². The fourth-order valence-electron chi connectivity index (χ4n) is 7.07. The maximum absolute atomic E-state index is 14.9. The van der Waals surface area contributed by atoms with Crippen molar-refractivity contribution in [1.82, 2.24) is 9.58 Å². The van der Waals surface area contributed by atoms with Crippen LogP contribution in [-0.4, -0.2) is 47.4 Å². The third-order valence-electron chi connectivity index (χ3n) is 9.06. The molecular formula is C35H24FN3O6S. The van der Waals surface area contributed by atoms with Gasteiger partial charge in [-0.15, -0.1) is 11.3 Å². The fourth-order valence-corrected chi connectivity index (χ4v) is 8.02. The Balaban J connectivity index is 1.28. The number of carbonyl (C=O) groups excluding carboxylic acids is 2. The van der Waals surface area contributed by atoms with Gasteiger partial charge >= 0.3 is 5.97 Å². The van der Waals surface area contributed by atoms with Crippen LogP contribution in [-0.2, 0) is 9.47 Å². The first-order chi connectivity index (χ1) is 22.5. The average Bonchev–Trinajstić information content (AvgIpc) is 3.67. The molecule has 0 saturated carbocycles. The van der Waals surface area contributed by atoms with Crippen LogP contribution in [0.4, 0.5) is 4.39 Å². The maximum atomic E-state index is 14.9. The van der Waals surface area contributed by atoms with E-state index in [1.807, 2.05) is 34.7 Å². The summed E-state index contributed by atoms with van der Waals surface area (Å²) in [5.41, 5.74) is 4.71. The van der Waals surface area contributed by atoms with Gasteiger partial charge in [-0.05, 0) is 51.9 Å². The van der Waals surface area contributed by atoms with Gasteiger partial charge in [0.2, 0.25) is 11.2 Å². The minimum atomic E-state index is -1.20. The highest BCUT2D eigenvalue weighted by molar-refractivity contribution is 7.14. The number of aromatic nitrogens is 1. The summed E-state index contributed by atoms with van der Waals surface area (Å²) in [4.78, 5) is 43.2. The predicted molar refractivity (Wildman–Crippen MR) is 167 cm³/mol. The van der Waals surface area contributed by atoms with Crippen molar-refractivity contribution in [3.8, 4) is 27.3 Å². The molecule has 4 aliphatic rings. The standard InChI is InChI=1S/C35H24FN3O6S/c36-19-9-10-21-26(17-19)23-12-16-46-32(23)22-6-2-1-5-20(22)29(21)39-28-18-43-15-14-37(28)33(41)30-31(27(40)11-13-38(30)39)44-35-25-8-4-3-7-24(25)34(42)45-35/h1-13,16-17,28-29,35H,14-15,18H2/t28-,29?,35?/m1/s1. The number of morpholine rings is 1. The highest BCUT2D eigenvalue weighted by Gasteiger charge is 2.47. The molecule has 228 valence electrons. The van der Waals surface area contributed by atoms with Crippen LogP contribution < -0.4 is 15.2 Å². The van der Waals surface area contributed by atoms with E-state index in [9.17, 15) is 18.8 Å². The lowest BCUT2D eigenvalue weighted by Gasteiger charge is -2.51. The Labute approximate surface area is 265 Å². The van der Waals surface area contributed by atoms with Gasteiger partial charge in [-0.25, -0.2) is 9.18 Å². The Hall–Kier alpha value is -5.26. The summed E-state index contributed by atoms with van der Waals surface area (Å²) >= 11 is 1.59. The summed E-state index contributed by atoms with van der Waals surface area (Å²) in [5, 5.41) is 4.02. The predicted octanol–water partition coefficient (Wildman–Crippen LogP) is 5.48. The molecule has 5 aromatic rings. The quantitative estimate of drug-likeness (QED) is 0.243. The van der Waals surface area contributed by atoms with Gasteiger partial charge in [0, 0.05) is 34.8 Å². The third-order valence-corrected chi connectivity index (χ3v) is 10.0. The summed E-state index contributed by atoms with van der Waals surface area (Å²) in [6.07, 6.45) is -0.207. The highest BCUT2D eigenvalue weighted by atomic mass is 32.1. The zero-order valence-corrected chi connectivity index (χ0v) is 24.9. The molecule has 1 aliphatic carbocycles. The van der Waals surface area contributed by atoms with Crippen molar-refractivity contribution in [2.24, 2.45) is 0 Å². The van der Waals surface area contributed by atoms with Crippen LogP contribution in [0.25, 0.3) is 21.6 Å². The molecule has 5 heterocycles. The van der Waals surface area contributed by atoms with Crippen LogP contribution in [0.5, 0.6) is 5.75 Å². The first-order valence-electron chi connectivity index (χ1n) is 14.9. The van der Waals surface area contributed by atoms with Crippen LogP contribution in [0.15, 0.2) is 95.2 Å². The summed E-state index contributed by atoms with van der Waals surface area (Å²) in [5.74, 6) is -1.56. The second kappa shape index (κ2) is 10.1. The van der Waals surface area contributed by atoms with Gasteiger partial charge in [-0.3, -0.25) is 19.3 Å². The van der Waals surface area contributed by atoms with Crippen LogP contribution in [0.2, 0.25) is 0 Å². The van der Waals surface area contributed by atoms with Crippen molar-refractivity contribution in [3.63, 3.8) is 0 Å². The minimum Gasteiger partial charge on any atom is -0.444 e. The second-order valence-corrected chi connectivity index (χ2v) is 12.4. The number of halogens is 1. The average molecular weight is 634 g/mol. The lowest BCUT2D eigenvalue weighted by molar-refractivity contribution is -0.0417. The third kappa shape index (κ3) is 3.85. The molecule has 0 bridgehead atoms. The number of esters is 1. The maximum Gasteiger partial charge on any atom is 0.342 e. The number of rotatable bonds is 3. The summed E-state index contributed by atoms with van der Waals surface area (Å²) in [7, 11) is 0. The number of benzene rings is 3. The first-order valence-corrected chi connectivity index (χ1v) is 15.7. The Morgan fingerprint density at radius 2 is 1.63 bits per heavy atom. The number of ether oxygens (including phenoxy) is 3. The SMILES string of the molecule is O=C1OC(Oc2c3n(ccc2=O)N(C2c4ccc(F)cc4-c4ccsc4-c4ccccc42)[C@@H]2COCCN2C3=O)c2ccccc21. The number of cyclic esters (lactones) is 1. The molecule has 0 radical (unpaired) electrons. The number of thiophene rings is 1. The Morgan fingerprint density at radius 1 is 0.848 bits per heavy atom. The summed E-state index contributed by atoms with van der Waals surface area (Å²) in [6, 6.07) is 22.4. The van der Waals surface area contributed by atoms with E-state index in [1.54, 1.807) is 63.5 Å². The Morgan fingerprint density at radius 3 is 2.50 bits per heavy atom. The minimum absolute atomic E-state index is 0.00578. The van der Waals surface area contributed by atoms with Gasteiger partial charge in [-0.1, -0.05) is 48.5 Å². The molecule has 9 rings (SSSR count). The van der Waals surface area contributed by atoms with Gasteiger partial charge in [0.1, 0.15) is 12.0 Å². The molecule has 9 nitrogen and oxygen atoms in total. The topological polar surface area (TPSA) is 90.3 Å². The zero-order chi connectivity index (χ0) is 31.1. The van der Waals surface area contributed by atoms with E-state index in [2.05, 4.69) is 6.07 Å². The van der Waals surface area contributed by atoms with Crippen molar-refractivity contribution in [2.75, 3.05) is 24.8 Å². The normalized spacial score (nSPS) is 20.8. The van der Waals surface area contributed by atoms with Gasteiger partial charge < -0.3 is 19.1 Å². The highest BCUT2D eigenvalue weighted by Crippen LogP contribution is 2.50. The van der Waals surface area contributed by atoms with Gasteiger partial charge in [0.05, 0.1) is 24.8 Å². The van der Waals surface area contributed by atoms with Crippen molar-refractivity contribution in [2.45, 2.75) is 18.5 Å². The zero-order valence-electron chi connectivity index (χ0n) is 24.1. The number of nitrogens with zero attached hydrogens (tertiary/aromatic N) is 3. The summed E-state index contributed by atoms with van der Waals surface area (Å²) < 4.78 is 34.2. The monoisotopic (exact) mass is 633 g/mol. The van der Waals surface area contributed by atoms with E-state index >= 15 is 0 Å². The molecular weight excluding hydrogens is 609 g/mol. The Kier molecular flexibility index (Phi) is 5.96. The number of hydrogen-bond donors (Lipinski definition) is 0. The molecule has 3 atom stereocenters. The smallest absolute Gasteiger partial charge is 0.342 e. The van der Waals surface area contributed by atoms with Crippen LogP contribution in [0.3, 0.4) is 0 Å². The van der Waals surface area contributed by atoms with Gasteiger partial charge in [0.25, 0.3) is 12.2 Å². The molecule has 3 aromatic carbocycles. The number of pyridine rings is 1. The van der Waals surface area contributed by atoms with Crippen molar-refractivity contribution in [1.29, 1.82) is 0 Å². The Bertz CT molecular complexity index is 2160. The molecule has 46 heavy (non-hydrogen) atoms. The molecule has 1 saturated heterocycles. The molecule has 1 fully saturated rings. The largest absolute Gasteiger partial charge is 0.444 e. The van der Waals surface area contributed by atoms with E-state index in [4.69, 9.17) is 14.2 Å². The lowest BCUT2D eigenvalue weighted by atomic mass is 9.92. The van der Waals surface area contributed by atoms with E-state index in [0.717, 1.165) is 32.7 Å². The summed E-state index contributed by atoms with van der Waals surface area (Å²) in [6.45, 7) is 0.803. The van der Waals surface area contributed by atoms with Crippen molar-refractivity contribution < 1.29 is 28.2 Å². The van der Waals surface area contributed by atoms with Crippen LogP contribution in [0.1, 0.15) is 49.9 Å². The van der Waals surface area contributed by atoms with Crippen LogP contribution >= 0.6 is 11.3 Å². The van der Waals surface area contributed by atoms with Gasteiger partial charge in [0.15, 0.2) is 5.69 Å². The number of carbonyl (C=O) groups is 2. The lowest BCUT2D eigenvalue weighted by Crippen LogP contribution is -2.66. The number of amides is 1. The second-order valence-electron chi connectivity index (χ2n) is 11.5. The van der Waals surface area contributed by atoms with Crippen LogP contribution in [0, 0.1) is 5.82 Å². The van der Waals surface area contributed by atoms with E-state index < -0.39 is 35.8 Å². The van der Waals surface area contributed by atoms with E-state index in [1.165, 1.54) is 12.1 Å². The van der Waals surface area contributed by atoms with Crippen molar-refractivity contribution in [3.05, 3.63) is 134 Å². The molecule has 0 N–H and O–H groups in total. The molecule has 1 amide bonds. The molecule has 2 unspecified atom stereocenters. The number of fused-ring (bicyclic) bond motifs is 8. The molecule has 3 aliphatic heterocycles. The van der Waals surface area contributed by atoms with Crippen molar-refractivity contribution >= 4 is 23.2 Å². The van der Waals surface area contributed by atoms with Gasteiger partial charge in [-0.2, -0.15) is 0 Å². The van der Waals surface area contributed by atoms with E-state index in [0.29, 0.717) is 17.7 Å². The molecule has 0 spiro atoms. The number of hydrogen-bond acceptors (Lipinski definition) is 8.